The Morgan fingerprint density at radius 3 is 2.83 bits per heavy atom. The molecule has 1 fully saturated rings. The van der Waals surface area contributed by atoms with Crippen molar-refractivity contribution >= 4 is 5.91 Å². The highest BCUT2D eigenvalue weighted by Crippen LogP contribution is 2.30. The van der Waals surface area contributed by atoms with Gasteiger partial charge in [0.1, 0.15) is 0 Å². The Hall–Kier alpha value is -1.29. The van der Waals surface area contributed by atoms with Crippen LogP contribution in [0.15, 0.2) is 18.3 Å². The van der Waals surface area contributed by atoms with E-state index in [-0.39, 0.29) is 11.9 Å². The molecule has 4 heteroatoms. The molecular formula is C14H23N3O. The maximum absolute atomic E-state index is 12.3. The zero-order valence-electron chi connectivity index (χ0n) is 11.3. The van der Waals surface area contributed by atoms with Crippen LogP contribution in [0.1, 0.15) is 44.3 Å². The minimum absolute atomic E-state index is 0.0723. The summed E-state index contributed by atoms with van der Waals surface area (Å²) in [7, 11) is 2.04. The van der Waals surface area contributed by atoms with Crippen LogP contribution in [0.4, 0.5) is 0 Å². The molecule has 0 radical (unpaired) electrons. The summed E-state index contributed by atoms with van der Waals surface area (Å²) >= 11 is 0. The van der Waals surface area contributed by atoms with E-state index in [1.165, 1.54) is 18.5 Å². The quantitative estimate of drug-likeness (QED) is 0.869. The molecule has 1 amide bonds. The summed E-state index contributed by atoms with van der Waals surface area (Å²) in [5, 5.41) is 0. The van der Waals surface area contributed by atoms with Gasteiger partial charge in [-0.3, -0.25) is 4.79 Å². The molecule has 18 heavy (non-hydrogen) atoms. The lowest BCUT2D eigenvalue weighted by Crippen LogP contribution is -2.44. The first-order valence-electron chi connectivity index (χ1n) is 6.78. The smallest absolute Gasteiger partial charge is 0.239 e. The monoisotopic (exact) mass is 249 g/mol. The van der Waals surface area contributed by atoms with E-state index in [1.807, 2.05) is 24.2 Å². The number of carbonyl (C=O) groups excluding carboxylic acids is 1. The third kappa shape index (κ3) is 2.58. The number of hydrogen-bond donors (Lipinski definition) is 1. The molecule has 100 valence electrons. The van der Waals surface area contributed by atoms with Gasteiger partial charge in [-0.15, -0.1) is 0 Å². The average Bonchev–Trinajstić information content (AvgIpc) is 2.63. The number of carbonyl (C=O) groups is 1. The number of amides is 1. The van der Waals surface area contributed by atoms with Crippen LogP contribution in [0.3, 0.4) is 0 Å². The van der Waals surface area contributed by atoms with E-state index in [4.69, 9.17) is 5.73 Å². The van der Waals surface area contributed by atoms with Crippen LogP contribution in [0.2, 0.25) is 0 Å². The van der Waals surface area contributed by atoms with Gasteiger partial charge in [0.05, 0.1) is 12.1 Å². The van der Waals surface area contributed by atoms with E-state index >= 15 is 0 Å². The van der Waals surface area contributed by atoms with Crippen molar-refractivity contribution in [3.05, 3.63) is 24.0 Å². The molecule has 1 saturated heterocycles. The third-order valence-corrected chi connectivity index (χ3v) is 3.75. The van der Waals surface area contributed by atoms with Gasteiger partial charge in [-0.1, -0.05) is 12.8 Å². The Bertz CT molecular complexity index is 411. The zero-order chi connectivity index (χ0) is 13.1. The van der Waals surface area contributed by atoms with Crippen molar-refractivity contribution < 1.29 is 4.79 Å². The van der Waals surface area contributed by atoms with Crippen LogP contribution in [0.5, 0.6) is 0 Å². The Morgan fingerprint density at radius 2 is 2.22 bits per heavy atom. The summed E-state index contributed by atoms with van der Waals surface area (Å²) < 4.78 is 2.11. The number of likely N-dealkylation sites (tertiary alicyclic amines) is 1. The van der Waals surface area contributed by atoms with Gasteiger partial charge in [0, 0.05) is 25.5 Å². The summed E-state index contributed by atoms with van der Waals surface area (Å²) in [6.07, 6.45) is 6.53. The first-order chi connectivity index (χ1) is 8.61. The fourth-order valence-corrected chi connectivity index (χ4v) is 2.76. The van der Waals surface area contributed by atoms with E-state index in [2.05, 4.69) is 10.6 Å². The molecule has 0 saturated carbocycles. The molecule has 0 bridgehead atoms. The van der Waals surface area contributed by atoms with Gasteiger partial charge in [0.2, 0.25) is 5.91 Å². The van der Waals surface area contributed by atoms with Crippen molar-refractivity contribution in [2.24, 2.45) is 12.8 Å². The second kappa shape index (κ2) is 5.57. The molecule has 0 aromatic carbocycles. The molecule has 2 heterocycles. The number of hydrogen-bond acceptors (Lipinski definition) is 2. The van der Waals surface area contributed by atoms with Gasteiger partial charge in [-0.05, 0) is 31.9 Å². The highest BCUT2D eigenvalue weighted by molar-refractivity contribution is 5.81. The Labute approximate surface area is 109 Å². The number of nitrogens with two attached hydrogens (primary N) is 1. The maximum Gasteiger partial charge on any atom is 0.239 e. The van der Waals surface area contributed by atoms with E-state index in [1.54, 1.807) is 6.92 Å². The molecule has 2 atom stereocenters. The first kappa shape index (κ1) is 13.1. The van der Waals surface area contributed by atoms with Crippen LogP contribution >= 0.6 is 0 Å². The molecule has 0 aliphatic carbocycles. The van der Waals surface area contributed by atoms with Gasteiger partial charge in [0.25, 0.3) is 0 Å². The highest BCUT2D eigenvalue weighted by atomic mass is 16.2. The first-order valence-corrected chi connectivity index (χ1v) is 6.78. The lowest BCUT2D eigenvalue weighted by molar-refractivity contribution is -0.134. The SMILES string of the molecule is CC(N)C(=O)N1CCCCCC1c1cccn1C. The molecule has 1 aliphatic rings. The van der Waals surface area contributed by atoms with E-state index in [0.29, 0.717) is 0 Å². The number of aromatic nitrogens is 1. The van der Waals surface area contributed by atoms with Crippen molar-refractivity contribution in [2.45, 2.75) is 44.7 Å². The maximum atomic E-state index is 12.3. The van der Waals surface area contributed by atoms with Crippen molar-refractivity contribution in [1.82, 2.24) is 9.47 Å². The summed E-state index contributed by atoms with van der Waals surface area (Å²) in [6.45, 7) is 2.60. The van der Waals surface area contributed by atoms with Crippen LogP contribution in [-0.2, 0) is 11.8 Å². The summed E-state index contributed by atoms with van der Waals surface area (Å²) in [5.41, 5.74) is 6.99. The second-order valence-electron chi connectivity index (χ2n) is 5.23. The van der Waals surface area contributed by atoms with E-state index < -0.39 is 6.04 Å². The van der Waals surface area contributed by atoms with Crippen molar-refractivity contribution in [2.75, 3.05) is 6.54 Å². The minimum Gasteiger partial charge on any atom is -0.353 e. The van der Waals surface area contributed by atoms with Gasteiger partial charge < -0.3 is 15.2 Å². The fourth-order valence-electron chi connectivity index (χ4n) is 2.76. The molecule has 1 aromatic heterocycles. The number of rotatable bonds is 2. The van der Waals surface area contributed by atoms with Crippen LogP contribution in [-0.4, -0.2) is 28.0 Å². The predicted octanol–water partition coefficient (Wildman–Crippen LogP) is 1.82. The summed E-state index contributed by atoms with van der Waals surface area (Å²) in [4.78, 5) is 14.2. The van der Waals surface area contributed by atoms with Crippen molar-refractivity contribution in [3.63, 3.8) is 0 Å². The highest BCUT2D eigenvalue weighted by Gasteiger charge is 2.29. The summed E-state index contributed by atoms with van der Waals surface area (Å²) in [6, 6.07) is 3.92. The lowest BCUT2D eigenvalue weighted by Gasteiger charge is -2.31. The predicted molar refractivity (Wildman–Crippen MR) is 72.0 cm³/mol. The average molecular weight is 249 g/mol. The minimum atomic E-state index is -0.411. The van der Waals surface area contributed by atoms with Gasteiger partial charge in [-0.25, -0.2) is 0 Å². The topological polar surface area (TPSA) is 51.3 Å². The molecular weight excluding hydrogens is 226 g/mol. The van der Waals surface area contributed by atoms with Crippen LogP contribution < -0.4 is 5.73 Å². The number of nitrogens with zero attached hydrogens (tertiary/aromatic N) is 2. The molecule has 2 rings (SSSR count). The van der Waals surface area contributed by atoms with Crippen LogP contribution in [0.25, 0.3) is 0 Å². The lowest BCUT2D eigenvalue weighted by atomic mass is 10.1. The molecule has 0 spiro atoms. The van der Waals surface area contributed by atoms with Gasteiger partial charge in [-0.2, -0.15) is 0 Å². The third-order valence-electron chi connectivity index (χ3n) is 3.75. The standard InChI is InChI=1S/C14H23N3O/c1-11(15)14(18)17-10-5-3-4-7-13(17)12-8-6-9-16(12)2/h6,8-9,11,13H,3-5,7,10,15H2,1-2H3. The molecule has 2 N–H and O–H groups in total. The van der Waals surface area contributed by atoms with Crippen molar-refractivity contribution in [3.8, 4) is 0 Å². The Morgan fingerprint density at radius 1 is 1.44 bits per heavy atom. The molecule has 2 unspecified atom stereocenters. The Kier molecular flexibility index (Phi) is 4.07. The summed E-state index contributed by atoms with van der Waals surface area (Å²) in [5.74, 6) is 0.0723. The molecule has 1 aliphatic heterocycles. The van der Waals surface area contributed by atoms with E-state index in [0.717, 1.165) is 19.4 Å². The normalized spacial score (nSPS) is 22.6. The van der Waals surface area contributed by atoms with Crippen LogP contribution in [0, 0.1) is 0 Å². The second-order valence-corrected chi connectivity index (χ2v) is 5.23. The fraction of sp³-hybridized carbons (Fsp3) is 0.643. The van der Waals surface area contributed by atoms with Gasteiger partial charge >= 0.3 is 0 Å². The molecule has 4 nitrogen and oxygen atoms in total. The largest absolute Gasteiger partial charge is 0.353 e. The Balaban J connectivity index is 2.28. The zero-order valence-corrected chi connectivity index (χ0v) is 11.3. The number of aryl methyl sites for hydroxylation is 1. The molecule has 1 aromatic rings. The van der Waals surface area contributed by atoms with E-state index in [9.17, 15) is 4.79 Å². The van der Waals surface area contributed by atoms with Crippen molar-refractivity contribution in [1.29, 1.82) is 0 Å². The van der Waals surface area contributed by atoms with Gasteiger partial charge in [0.15, 0.2) is 0 Å².